The maximum absolute atomic E-state index is 13.4. The van der Waals surface area contributed by atoms with Crippen LogP contribution in [0, 0.1) is 0 Å². The minimum Gasteiger partial charge on any atom is -0.360 e. The molecule has 4 aliphatic rings. The largest absolute Gasteiger partial charge is 0.360 e. The van der Waals surface area contributed by atoms with Crippen LogP contribution >= 0.6 is 0 Å². The van der Waals surface area contributed by atoms with Gasteiger partial charge in [-0.15, -0.1) is 0 Å². The van der Waals surface area contributed by atoms with E-state index >= 15 is 0 Å². The van der Waals surface area contributed by atoms with E-state index < -0.39 is 10.0 Å². The van der Waals surface area contributed by atoms with Crippen LogP contribution < -0.4 is 10.6 Å². The molecule has 1 amide bonds. The van der Waals surface area contributed by atoms with Crippen molar-refractivity contribution >= 4 is 15.9 Å². The number of nitrogens with one attached hydrogen (secondary N) is 2. The van der Waals surface area contributed by atoms with Gasteiger partial charge in [-0.05, 0) is 71.3 Å². The third-order valence-corrected chi connectivity index (χ3v) is 10.0. The third kappa shape index (κ3) is 3.80. The van der Waals surface area contributed by atoms with Gasteiger partial charge in [0.25, 0.3) is 5.91 Å². The highest BCUT2D eigenvalue weighted by atomic mass is 32.2. The molecule has 30 heavy (non-hydrogen) atoms. The summed E-state index contributed by atoms with van der Waals surface area (Å²) in [6, 6.07) is 2.18. The number of amides is 1. The zero-order chi connectivity index (χ0) is 20.9. The molecule has 3 atom stereocenters. The summed E-state index contributed by atoms with van der Waals surface area (Å²) < 4.78 is 33.9. The van der Waals surface area contributed by atoms with E-state index in [1.165, 1.54) is 0 Å². The number of hydrogen-bond donors (Lipinski definition) is 2. The molecule has 0 radical (unpaired) electrons. The Balaban J connectivity index is 1.21. The first-order chi connectivity index (χ1) is 14.5. The van der Waals surface area contributed by atoms with Gasteiger partial charge in [0.1, 0.15) is 5.76 Å². The summed E-state index contributed by atoms with van der Waals surface area (Å²) in [4.78, 5) is 12.6. The Bertz CT molecular complexity index is 875. The van der Waals surface area contributed by atoms with E-state index in [1.807, 2.05) is 11.4 Å². The van der Waals surface area contributed by atoms with Crippen LogP contribution in [0.4, 0.5) is 0 Å². The topological polar surface area (TPSA) is 105 Å². The number of carbonyl (C=O) groups excluding carboxylic acids is 1. The average molecular weight is 437 g/mol. The maximum atomic E-state index is 13.4. The number of sulfonamides is 1. The second kappa shape index (κ2) is 7.91. The van der Waals surface area contributed by atoms with Gasteiger partial charge in [-0.25, -0.2) is 8.42 Å². The smallest absolute Gasteiger partial charge is 0.273 e. The van der Waals surface area contributed by atoms with Crippen LogP contribution in [0.15, 0.2) is 10.6 Å². The van der Waals surface area contributed by atoms with E-state index in [9.17, 15) is 13.2 Å². The van der Waals surface area contributed by atoms with Crippen LogP contribution in [-0.2, 0) is 10.0 Å². The molecule has 4 fully saturated rings. The molecule has 2 saturated carbocycles. The second-order valence-electron chi connectivity index (χ2n) is 9.55. The summed E-state index contributed by atoms with van der Waals surface area (Å²) in [5.74, 6) is 1.01. The molecular formula is C21H32N4O4S. The number of nitrogens with zero attached hydrogens (tertiary/aromatic N) is 2. The molecule has 1 unspecified atom stereocenters. The van der Waals surface area contributed by atoms with E-state index in [1.54, 1.807) is 6.07 Å². The molecule has 2 aliphatic carbocycles. The van der Waals surface area contributed by atoms with Crippen molar-refractivity contribution in [2.75, 3.05) is 7.05 Å². The van der Waals surface area contributed by atoms with E-state index in [0.29, 0.717) is 30.5 Å². The molecule has 166 valence electrons. The summed E-state index contributed by atoms with van der Waals surface area (Å²) in [5.41, 5.74) is 0.334. The molecule has 2 bridgehead atoms. The third-order valence-electron chi connectivity index (χ3n) is 7.54. The van der Waals surface area contributed by atoms with E-state index in [0.717, 1.165) is 57.1 Å². The Morgan fingerprint density at radius 2 is 1.70 bits per heavy atom. The zero-order valence-corrected chi connectivity index (χ0v) is 18.4. The minimum absolute atomic E-state index is 0.000377. The maximum Gasteiger partial charge on any atom is 0.273 e. The molecule has 8 nitrogen and oxygen atoms in total. The predicted octanol–water partition coefficient (Wildman–Crippen LogP) is 2.14. The summed E-state index contributed by atoms with van der Waals surface area (Å²) in [6.45, 7) is 0. The number of rotatable bonds is 6. The lowest BCUT2D eigenvalue weighted by Crippen LogP contribution is -2.55. The standard InChI is InChI=1S/C21H32N4O4S/c1-22-14-4-8-18(9-5-14)30(27,28)25-16-6-7-17(25)11-15(10-16)23-21(26)19-12-20(29-24-19)13-2-3-13/h12-18,22H,2-11H2,1H3,(H,23,26)/t14?,15?,16-,17+,18?. The van der Waals surface area contributed by atoms with Crippen molar-refractivity contribution in [3.8, 4) is 0 Å². The average Bonchev–Trinajstić information content (AvgIpc) is 3.40. The van der Waals surface area contributed by atoms with Gasteiger partial charge in [0.15, 0.2) is 5.69 Å². The van der Waals surface area contributed by atoms with Crippen molar-refractivity contribution in [3.05, 3.63) is 17.5 Å². The quantitative estimate of drug-likeness (QED) is 0.708. The van der Waals surface area contributed by atoms with Gasteiger partial charge < -0.3 is 15.2 Å². The monoisotopic (exact) mass is 436 g/mol. The van der Waals surface area contributed by atoms with Crippen molar-refractivity contribution in [2.24, 2.45) is 0 Å². The normalized spacial score (nSPS) is 34.8. The Morgan fingerprint density at radius 1 is 1.03 bits per heavy atom. The van der Waals surface area contributed by atoms with Crippen LogP contribution in [0.1, 0.15) is 86.4 Å². The van der Waals surface area contributed by atoms with Gasteiger partial charge in [0.2, 0.25) is 10.0 Å². The predicted molar refractivity (Wildman–Crippen MR) is 112 cm³/mol. The molecule has 2 N–H and O–H groups in total. The van der Waals surface area contributed by atoms with Crippen molar-refractivity contribution in [1.82, 2.24) is 20.1 Å². The molecule has 0 spiro atoms. The second-order valence-corrected chi connectivity index (χ2v) is 11.7. The summed E-state index contributed by atoms with van der Waals surface area (Å²) >= 11 is 0. The summed E-state index contributed by atoms with van der Waals surface area (Å²) in [5, 5.41) is 10.0. The first kappa shape index (κ1) is 20.5. The fourth-order valence-corrected chi connectivity index (χ4v) is 8.13. The van der Waals surface area contributed by atoms with Gasteiger partial charge in [-0.3, -0.25) is 4.79 Å². The van der Waals surface area contributed by atoms with Crippen LogP contribution in [0.5, 0.6) is 0 Å². The Kier molecular flexibility index (Phi) is 5.39. The highest BCUT2D eigenvalue weighted by Gasteiger charge is 2.49. The summed E-state index contributed by atoms with van der Waals surface area (Å²) in [6.07, 6.45) is 8.65. The number of hydrogen-bond acceptors (Lipinski definition) is 6. The lowest BCUT2D eigenvalue weighted by Gasteiger charge is -2.41. The highest BCUT2D eigenvalue weighted by Crippen LogP contribution is 2.42. The molecule has 1 aromatic rings. The lowest BCUT2D eigenvalue weighted by molar-refractivity contribution is 0.0899. The van der Waals surface area contributed by atoms with Gasteiger partial charge >= 0.3 is 0 Å². The first-order valence-corrected chi connectivity index (χ1v) is 12.9. The van der Waals surface area contributed by atoms with Crippen molar-refractivity contribution in [3.63, 3.8) is 0 Å². The van der Waals surface area contributed by atoms with Crippen molar-refractivity contribution in [2.45, 2.75) is 99.5 Å². The Morgan fingerprint density at radius 3 is 2.30 bits per heavy atom. The molecule has 2 aliphatic heterocycles. The van der Waals surface area contributed by atoms with Crippen LogP contribution in [0.2, 0.25) is 0 Å². The molecule has 3 heterocycles. The van der Waals surface area contributed by atoms with Crippen molar-refractivity contribution < 1.29 is 17.7 Å². The number of aromatic nitrogens is 1. The minimum atomic E-state index is -3.29. The Labute approximate surface area is 178 Å². The SMILES string of the molecule is CNC1CCC(S(=O)(=O)N2[C@@H]3CC[C@H]2CC(NC(=O)c2cc(C4CC4)on2)C3)CC1. The Hall–Kier alpha value is -1.45. The molecule has 0 aromatic carbocycles. The van der Waals surface area contributed by atoms with Crippen LogP contribution in [0.3, 0.4) is 0 Å². The lowest BCUT2D eigenvalue weighted by atomic mass is 9.95. The van der Waals surface area contributed by atoms with Gasteiger partial charge in [0.05, 0.1) is 5.25 Å². The molecular weight excluding hydrogens is 404 g/mol. The number of fused-ring (bicyclic) bond motifs is 2. The van der Waals surface area contributed by atoms with Gasteiger partial charge in [0, 0.05) is 36.2 Å². The number of carbonyl (C=O) groups is 1. The fourth-order valence-electron chi connectivity index (χ4n) is 5.70. The fraction of sp³-hybridized carbons (Fsp3) is 0.810. The summed E-state index contributed by atoms with van der Waals surface area (Å²) in [7, 11) is -1.34. The van der Waals surface area contributed by atoms with E-state index in [4.69, 9.17) is 4.52 Å². The first-order valence-electron chi connectivity index (χ1n) is 11.4. The van der Waals surface area contributed by atoms with Gasteiger partial charge in [-0.1, -0.05) is 5.16 Å². The van der Waals surface area contributed by atoms with Gasteiger partial charge in [-0.2, -0.15) is 4.31 Å². The highest BCUT2D eigenvalue weighted by molar-refractivity contribution is 7.89. The zero-order valence-electron chi connectivity index (χ0n) is 17.5. The van der Waals surface area contributed by atoms with Crippen molar-refractivity contribution in [1.29, 1.82) is 0 Å². The van der Waals surface area contributed by atoms with Crippen LogP contribution in [-0.4, -0.2) is 60.3 Å². The molecule has 9 heteroatoms. The van der Waals surface area contributed by atoms with E-state index in [2.05, 4.69) is 15.8 Å². The van der Waals surface area contributed by atoms with E-state index in [-0.39, 0.29) is 29.3 Å². The number of piperidine rings is 1. The molecule has 1 aromatic heterocycles. The van der Waals surface area contributed by atoms with Crippen LogP contribution in [0.25, 0.3) is 0 Å². The molecule has 5 rings (SSSR count). The molecule has 2 saturated heterocycles.